The predicted molar refractivity (Wildman–Crippen MR) is 123 cm³/mol. The minimum atomic E-state index is -0.419. The van der Waals surface area contributed by atoms with E-state index in [1.54, 1.807) is 0 Å². The average molecular weight is 435 g/mol. The van der Waals surface area contributed by atoms with Crippen LogP contribution in [0.5, 0.6) is 0 Å². The first kappa shape index (κ1) is 23.7. The third-order valence-corrected chi connectivity index (χ3v) is 10.6. The highest BCUT2D eigenvalue weighted by atomic mass is 16.3. The molecule has 0 spiro atoms. The van der Waals surface area contributed by atoms with Crippen molar-refractivity contribution in [1.29, 1.82) is 0 Å². The normalized spacial score (nSPS) is 47.5. The standard InChI is InChI=1S/C27H46O4/c1-16(15-28)5-8-23(30)17(2)25-24(31)14-22-20-7-6-18-13-19(29)9-11-26(18,3)21(20)10-12-27(22,25)4/h6,16-17,19-25,28-31H,5,7-15H2,1-4H3/t16?,17-,19?,20-,21+,22+,23?,24?,25+,26+,27+/m1/s1. The summed E-state index contributed by atoms with van der Waals surface area (Å²) in [4.78, 5) is 0. The largest absolute Gasteiger partial charge is 0.396 e. The molecule has 0 aromatic heterocycles. The lowest BCUT2D eigenvalue weighted by atomic mass is 9.47. The van der Waals surface area contributed by atoms with Crippen LogP contribution in [0, 0.1) is 46.3 Å². The van der Waals surface area contributed by atoms with Gasteiger partial charge in [-0.2, -0.15) is 0 Å². The Morgan fingerprint density at radius 3 is 2.52 bits per heavy atom. The van der Waals surface area contributed by atoms with E-state index in [0.717, 1.165) is 44.9 Å². The van der Waals surface area contributed by atoms with Gasteiger partial charge >= 0.3 is 0 Å². The van der Waals surface area contributed by atoms with E-state index in [-0.39, 0.29) is 47.4 Å². The van der Waals surface area contributed by atoms with Crippen molar-refractivity contribution in [2.45, 2.75) is 104 Å². The summed E-state index contributed by atoms with van der Waals surface area (Å²) in [7, 11) is 0. The maximum Gasteiger partial charge on any atom is 0.0580 e. The molecule has 178 valence electrons. The van der Waals surface area contributed by atoms with Gasteiger partial charge in [-0.05, 0) is 104 Å². The van der Waals surface area contributed by atoms with Crippen molar-refractivity contribution >= 4 is 0 Å². The van der Waals surface area contributed by atoms with E-state index in [1.807, 2.05) is 6.92 Å². The highest BCUT2D eigenvalue weighted by Crippen LogP contribution is 2.67. The Morgan fingerprint density at radius 2 is 1.81 bits per heavy atom. The summed E-state index contributed by atoms with van der Waals surface area (Å²) in [6, 6.07) is 0. The van der Waals surface area contributed by atoms with E-state index in [2.05, 4.69) is 26.8 Å². The number of allylic oxidation sites excluding steroid dienone is 1. The van der Waals surface area contributed by atoms with Gasteiger partial charge in [0.2, 0.25) is 0 Å². The first-order valence-electron chi connectivity index (χ1n) is 13.0. The Balaban J connectivity index is 1.53. The molecule has 31 heavy (non-hydrogen) atoms. The average Bonchev–Trinajstić information content (AvgIpc) is 3.01. The number of aliphatic hydroxyl groups excluding tert-OH is 4. The van der Waals surface area contributed by atoms with Crippen LogP contribution in [-0.2, 0) is 0 Å². The van der Waals surface area contributed by atoms with Gasteiger partial charge in [-0.1, -0.05) is 39.3 Å². The summed E-state index contributed by atoms with van der Waals surface area (Å²) >= 11 is 0. The zero-order valence-electron chi connectivity index (χ0n) is 20.1. The second kappa shape index (κ2) is 8.74. The van der Waals surface area contributed by atoms with Gasteiger partial charge in [0.05, 0.1) is 18.3 Å². The number of aliphatic hydroxyl groups is 4. The number of rotatable bonds is 6. The van der Waals surface area contributed by atoms with Gasteiger partial charge < -0.3 is 20.4 Å². The molecular formula is C27H46O4. The van der Waals surface area contributed by atoms with Gasteiger partial charge in [-0.3, -0.25) is 0 Å². The number of hydrogen-bond donors (Lipinski definition) is 4. The van der Waals surface area contributed by atoms with Crippen LogP contribution in [0.15, 0.2) is 11.6 Å². The van der Waals surface area contributed by atoms with Gasteiger partial charge in [0.15, 0.2) is 0 Å². The molecule has 4 heteroatoms. The van der Waals surface area contributed by atoms with Gasteiger partial charge in [-0.15, -0.1) is 0 Å². The summed E-state index contributed by atoms with van der Waals surface area (Å²) in [5, 5.41) is 41.8. The molecular weight excluding hydrogens is 388 g/mol. The Labute approximate surface area is 189 Å². The van der Waals surface area contributed by atoms with Crippen LogP contribution >= 0.6 is 0 Å². The molecule has 4 N–H and O–H groups in total. The third kappa shape index (κ3) is 3.94. The van der Waals surface area contributed by atoms with Crippen LogP contribution in [0.3, 0.4) is 0 Å². The maximum absolute atomic E-state index is 11.2. The lowest BCUT2D eigenvalue weighted by molar-refractivity contribution is -0.0770. The zero-order chi connectivity index (χ0) is 22.6. The molecule has 0 aromatic carbocycles. The topological polar surface area (TPSA) is 80.9 Å². The monoisotopic (exact) mass is 434 g/mol. The molecule has 0 saturated heterocycles. The Hall–Kier alpha value is -0.420. The molecule has 4 nitrogen and oxygen atoms in total. The molecule has 0 aromatic rings. The van der Waals surface area contributed by atoms with E-state index >= 15 is 0 Å². The fourth-order valence-corrected chi connectivity index (χ4v) is 8.69. The SMILES string of the molecule is CC(CO)CCC(O)[C@@H](C)[C@H]1C(O)C[C@H]2[C@@H]3CC=C4CC(O)CC[C@]4(C)[C@H]3CC[C@]12C. The molecule has 4 unspecified atom stereocenters. The summed E-state index contributed by atoms with van der Waals surface area (Å²) in [5.41, 5.74) is 1.80. The third-order valence-electron chi connectivity index (χ3n) is 10.6. The number of fused-ring (bicyclic) bond motifs is 5. The van der Waals surface area contributed by atoms with Crippen molar-refractivity contribution in [3.8, 4) is 0 Å². The molecule has 4 aliphatic rings. The second-order valence-corrected chi connectivity index (χ2v) is 12.3. The molecule has 4 rings (SSSR count). The maximum atomic E-state index is 11.2. The summed E-state index contributed by atoms with van der Waals surface area (Å²) in [6.45, 7) is 9.18. The van der Waals surface area contributed by atoms with Crippen LogP contribution < -0.4 is 0 Å². The van der Waals surface area contributed by atoms with Crippen molar-refractivity contribution in [2.75, 3.05) is 6.61 Å². The zero-order valence-corrected chi connectivity index (χ0v) is 20.1. The minimum Gasteiger partial charge on any atom is -0.396 e. The van der Waals surface area contributed by atoms with Crippen molar-refractivity contribution in [2.24, 2.45) is 46.3 Å². The molecule has 0 aliphatic heterocycles. The molecule has 11 atom stereocenters. The van der Waals surface area contributed by atoms with Crippen molar-refractivity contribution in [3.05, 3.63) is 11.6 Å². The van der Waals surface area contributed by atoms with Crippen molar-refractivity contribution in [1.82, 2.24) is 0 Å². The van der Waals surface area contributed by atoms with Crippen LogP contribution in [0.25, 0.3) is 0 Å². The first-order chi connectivity index (χ1) is 14.6. The van der Waals surface area contributed by atoms with E-state index in [0.29, 0.717) is 24.2 Å². The minimum absolute atomic E-state index is 0.0718. The van der Waals surface area contributed by atoms with E-state index in [9.17, 15) is 20.4 Å². The quantitative estimate of drug-likeness (QED) is 0.470. The highest BCUT2D eigenvalue weighted by Gasteiger charge is 2.62. The molecule has 0 radical (unpaired) electrons. The predicted octanol–water partition coefficient (Wildman–Crippen LogP) is 4.30. The molecule has 4 aliphatic carbocycles. The molecule has 0 heterocycles. The van der Waals surface area contributed by atoms with Crippen LogP contribution in [-0.4, -0.2) is 45.3 Å². The van der Waals surface area contributed by atoms with E-state index < -0.39 is 6.10 Å². The summed E-state index contributed by atoms with van der Waals surface area (Å²) < 4.78 is 0. The lowest BCUT2D eigenvalue weighted by Gasteiger charge is -2.58. The van der Waals surface area contributed by atoms with Crippen LogP contribution in [0.1, 0.15) is 85.5 Å². The fraction of sp³-hybridized carbons (Fsp3) is 0.926. The molecule has 0 amide bonds. The van der Waals surface area contributed by atoms with Gasteiger partial charge in [0.1, 0.15) is 0 Å². The van der Waals surface area contributed by atoms with Gasteiger partial charge in [0, 0.05) is 6.61 Å². The molecule has 0 bridgehead atoms. The van der Waals surface area contributed by atoms with E-state index in [1.165, 1.54) is 12.0 Å². The lowest BCUT2D eigenvalue weighted by Crippen LogP contribution is -2.51. The first-order valence-corrected chi connectivity index (χ1v) is 13.0. The van der Waals surface area contributed by atoms with Crippen LogP contribution in [0.2, 0.25) is 0 Å². The molecule has 3 fully saturated rings. The summed E-state index contributed by atoms with van der Waals surface area (Å²) in [5.74, 6) is 2.22. The fourth-order valence-electron chi connectivity index (χ4n) is 8.69. The van der Waals surface area contributed by atoms with Crippen molar-refractivity contribution in [3.63, 3.8) is 0 Å². The molecule has 3 saturated carbocycles. The van der Waals surface area contributed by atoms with Gasteiger partial charge in [0.25, 0.3) is 0 Å². The second-order valence-electron chi connectivity index (χ2n) is 12.3. The Morgan fingerprint density at radius 1 is 1.06 bits per heavy atom. The highest BCUT2D eigenvalue weighted by molar-refractivity contribution is 5.25. The van der Waals surface area contributed by atoms with Crippen LogP contribution in [0.4, 0.5) is 0 Å². The smallest absolute Gasteiger partial charge is 0.0580 e. The van der Waals surface area contributed by atoms with Gasteiger partial charge in [-0.25, -0.2) is 0 Å². The van der Waals surface area contributed by atoms with Crippen molar-refractivity contribution < 1.29 is 20.4 Å². The Bertz CT molecular complexity index is 676. The Kier molecular flexibility index (Phi) is 6.69. The number of hydrogen-bond acceptors (Lipinski definition) is 4. The summed E-state index contributed by atoms with van der Waals surface area (Å²) in [6.07, 6.45) is 10.2. The van der Waals surface area contributed by atoms with E-state index in [4.69, 9.17) is 0 Å².